The molecular formula is C13H16F3NO2. The van der Waals surface area contributed by atoms with Crippen molar-refractivity contribution in [3.8, 4) is 5.75 Å². The predicted molar refractivity (Wildman–Crippen MR) is 63.8 cm³/mol. The standard InChI is InChI=1S/C13H16F3NO2/c1-8-4-9(12-3-2-10(7-17)18-12)6-11(5-8)19-13(14,15)16/h4-6,10,12H,2-3,7,17H2,1H3/t10-,12?/m1/s1. The fourth-order valence-corrected chi connectivity index (χ4v) is 2.28. The smallest absolute Gasteiger partial charge is 0.406 e. The molecule has 1 saturated heterocycles. The molecule has 0 bridgehead atoms. The molecule has 106 valence electrons. The van der Waals surface area contributed by atoms with Crippen LogP contribution in [0.25, 0.3) is 0 Å². The Kier molecular flexibility index (Phi) is 4.01. The normalized spacial score (nSPS) is 23.6. The number of ether oxygens (including phenoxy) is 2. The van der Waals surface area contributed by atoms with Gasteiger partial charge in [0.2, 0.25) is 0 Å². The van der Waals surface area contributed by atoms with Crippen LogP contribution in [0.2, 0.25) is 0 Å². The van der Waals surface area contributed by atoms with Gasteiger partial charge in [0.1, 0.15) is 5.75 Å². The molecule has 1 heterocycles. The minimum atomic E-state index is -4.68. The largest absolute Gasteiger partial charge is 0.573 e. The third-order valence-corrected chi connectivity index (χ3v) is 3.05. The van der Waals surface area contributed by atoms with Gasteiger partial charge in [-0.25, -0.2) is 0 Å². The molecule has 6 heteroatoms. The van der Waals surface area contributed by atoms with Gasteiger partial charge in [0.25, 0.3) is 0 Å². The first-order valence-corrected chi connectivity index (χ1v) is 6.10. The number of nitrogens with two attached hydrogens (primary N) is 1. The maximum atomic E-state index is 12.2. The van der Waals surface area contributed by atoms with E-state index in [0.29, 0.717) is 17.7 Å². The first-order valence-electron chi connectivity index (χ1n) is 6.10. The van der Waals surface area contributed by atoms with E-state index >= 15 is 0 Å². The van der Waals surface area contributed by atoms with E-state index in [1.165, 1.54) is 12.1 Å². The number of hydrogen-bond donors (Lipinski definition) is 1. The second-order valence-corrected chi connectivity index (χ2v) is 4.69. The molecule has 0 radical (unpaired) electrons. The Hall–Kier alpha value is -1.27. The van der Waals surface area contributed by atoms with Gasteiger partial charge in [-0.15, -0.1) is 13.2 Å². The Morgan fingerprint density at radius 2 is 2.05 bits per heavy atom. The number of alkyl halides is 3. The molecule has 0 amide bonds. The van der Waals surface area contributed by atoms with E-state index in [-0.39, 0.29) is 18.0 Å². The molecule has 0 aromatic heterocycles. The summed E-state index contributed by atoms with van der Waals surface area (Å²) in [5, 5.41) is 0. The summed E-state index contributed by atoms with van der Waals surface area (Å²) in [5.41, 5.74) is 6.93. The second-order valence-electron chi connectivity index (χ2n) is 4.69. The van der Waals surface area contributed by atoms with Crippen LogP contribution in [0.4, 0.5) is 13.2 Å². The molecule has 1 aromatic rings. The average Bonchev–Trinajstić information content (AvgIpc) is 2.74. The molecule has 1 aliphatic heterocycles. The summed E-state index contributed by atoms with van der Waals surface area (Å²) in [5.74, 6) is -0.206. The molecule has 1 aromatic carbocycles. The van der Waals surface area contributed by atoms with Gasteiger partial charge in [0.05, 0.1) is 12.2 Å². The number of hydrogen-bond acceptors (Lipinski definition) is 3. The van der Waals surface area contributed by atoms with Crippen LogP contribution in [0, 0.1) is 6.92 Å². The Balaban J connectivity index is 2.17. The van der Waals surface area contributed by atoms with Crippen molar-refractivity contribution in [2.75, 3.05) is 6.54 Å². The molecule has 2 N–H and O–H groups in total. The van der Waals surface area contributed by atoms with Crippen molar-refractivity contribution in [2.24, 2.45) is 5.73 Å². The molecule has 2 rings (SSSR count). The molecule has 0 saturated carbocycles. The summed E-state index contributed by atoms with van der Waals surface area (Å²) < 4.78 is 46.3. The van der Waals surface area contributed by atoms with Gasteiger partial charge < -0.3 is 15.2 Å². The molecule has 1 unspecified atom stereocenters. The number of halogens is 3. The van der Waals surface area contributed by atoms with Gasteiger partial charge in [0.15, 0.2) is 0 Å². The molecule has 3 nitrogen and oxygen atoms in total. The van der Waals surface area contributed by atoms with Gasteiger partial charge in [-0.1, -0.05) is 6.07 Å². The lowest BCUT2D eigenvalue weighted by Gasteiger charge is -2.16. The van der Waals surface area contributed by atoms with Gasteiger partial charge in [-0.3, -0.25) is 0 Å². The van der Waals surface area contributed by atoms with Crippen LogP contribution >= 0.6 is 0 Å². The van der Waals surface area contributed by atoms with E-state index in [2.05, 4.69) is 4.74 Å². The van der Waals surface area contributed by atoms with E-state index in [1.807, 2.05) is 6.07 Å². The lowest BCUT2D eigenvalue weighted by Crippen LogP contribution is -2.19. The summed E-state index contributed by atoms with van der Waals surface area (Å²) in [6, 6.07) is 4.54. The van der Waals surface area contributed by atoms with Gasteiger partial charge in [-0.05, 0) is 43.0 Å². The monoisotopic (exact) mass is 275 g/mol. The van der Waals surface area contributed by atoms with Crippen LogP contribution in [-0.4, -0.2) is 19.0 Å². The lowest BCUT2D eigenvalue weighted by atomic mass is 10.0. The van der Waals surface area contributed by atoms with E-state index in [9.17, 15) is 13.2 Å². The summed E-state index contributed by atoms with van der Waals surface area (Å²) in [7, 11) is 0. The zero-order valence-corrected chi connectivity index (χ0v) is 10.5. The third kappa shape index (κ3) is 3.84. The highest BCUT2D eigenvalue weighted by molar-refractivity contribution is 5.35. The highest BCUT2D eigenvalue weighted by Crippen LogP contribution is 2.35. The molecule has 0 aliphatic carbocycles. The summed E-state index contributed by atoms with van der Waals surface area (Å²) >= 11 is 0. The van der Waals surface area contributed by atoms with E-state index < -0.39 is 6.36 Å². The fourth-order valence-electron chi connectivity index (χ4n) is 2.28. The van der Waals surface area contributed by atoms with Crippen LogP contribution in [0.5, 0.6) is 5.75 Å². The zero-order chi connectivity index (χ0) is 14.0. The number of aryl methyl sites for hydroxylation is 1. The minimum Gasteiger partial charge on any atom is -0.406 e. The third-order valence-electron chi connectivity index (χ3n) is 3.05. The van der Waals surface area contributed by atoms with Crippen LogP contribution < -0.4 is 10.5 Å². The van der Waals surface area contributed by atoms with Gasteiger partial charge >= 0.3 is 6.36 Å². The van der Waals surface area contributed by atoms with Gasteiger partial charge in [0, 0.05) is 6.54 Å². The molecule has 1 aliphatic rings. The first kappa shape index (κ1) is 14.1. The topological polar surface area (TPSA) is 44.5 Å². The average molecular weight is 275 g/mol. The SMILES string of the molecule is Cc1cc(OC(F)(F)F)cc(C2CC[C@H](CN)O2)c1. The van der Waals surface area contributed by atoms with Crippen molar-refractivity contribution in [3.63, 3.8) is 0 Å². The Labute approximate surface area is 109 Å². The molecule has 0 spiro atoms. The minimum absolute atomic E-state index is 0.0162. The van der Waals surface area contributed by atoms with Crippen molar-refractivity contribution in [1.29, 1.82) is 0 Å². The summed E-state index contributed by atoms with van der Waals surface area (Å²) in [6.07, 6.45) is -3.32. The highest BCUT2D eigenvalue weighted by atomic mass is 19.4. The second kappa shape index (κ2) is 5.38. The molecule has 2 atom stereocenters. The fraction of sp³-hybridized carbons (Fsp3) is 0.538. The van der Waals surface area contributed by atoms with Crippen LogP contribution in [0.15, 0.2) is 18.2 Å². The highest BCUT2D eigenvalue weighted by Gasteiger charge is 2.32. The Morgan fingerprint density at radius 1 is 1.32 bits per heavy atom. The Bertz CT molecular complexity index is 448. The van der Waals surface area contributed by atoms with Crippen molar-refractivity contribution < 1.29 is 22.6 Å². The number of rotatable bonds is 3. The van der Waals surface area contributed by atoms with Crippen molar-refractivity contribution in [1.82, 2.24) is 0 Å². The summed E-state index contributed by atoms with van der Waals surface area (Å²) in [4.78, 5) is 0. The van der Waals surface area contributed by atoms with E-state index in [1.54, 1.807) is 6.92 Å². The molecule has 1 fully saturated rings. The quantitative estimate of drug-likeness (QED) is 0.922. The van der Waals surface area contributed by atoms with Gasteiger partial charge in [-0.2, -0.15) is 0 Å². The van der Waals surface area contributed by atoms with Crippen molar-refractivity contribution >= 4 is 0 Å². The lowest BCUT2D eigenvalue weighted by molar-refractivity contribution is -0.274. The maximum Gasteiger partial charge on any atom is 0.573 e. The van der Waals surface area contributed by atoms with Crippen LogP contribution in [-0.2, 0) is 4.74 Å². The molecular weight excluding hydrogens is 259 g/mol. The van der Waals surface area contributed by atoms with E-state index in [0.717, 1.165) is 12.8 Å². The molecule has 19 heavy (non-hydrogen) atoms. The zero-order valence-electron chi connectivity index (χ0n) is 10.5. The Morgan fingerprint density at radius 3 is 2.63 bits per heavy atom. The van der Waals surface area contributed by atoms with Crippen molar-refractivity contribution in [2.45, 2.75) is 38.3 Å². The van der Waals surface area contributed by atoms with E-state index in [4.69, 9.17) is 10.5 Å². The first-order chi connectivity index (χ1) is 8.87. The predicted octanol–water partition coefficient (Wildman–Crippen LogP) is 3.07. The van der Waals surface area contributed by atoms with Crippen LogP contribution in [0.1, 0.15) is 30.1 Å². The maximum absolute atomic E-state index is 12.2. The summed E-state index contributed by atoms with van der Waals surface area (Å²) in [6.45, 7) is 2.15. The number of benzene rings is 1. The van der Waals surface area contributed by atoms with Crippen molar-refractivity contribution in [3.05, 3.63) is 29.3 Å². The van der Waals surface area contributed by atoms with Crippen LogP contribution in [0.3, 0.4) is 0 Å².